The highest BCUT2D eigenvalue weighted by Gasteiger charge is 2.18. The largest absolute Gasteiger partial charge is 0.398 e. The zero-order valence-electron chi connectivity index (χ0n) is 11.9. The van der Waals surface area contributed by atoms with Crippen molar-refractivity contribution in [1.29, 1.82) is 0 Å². The van der Waals surface area contributed by atoms with Gasteiger partial charge in [-0.05, 0) is 29.8 Å². The summed E-state index contributed by atoms with van der Waals surface area (Å²) in [5.41, 5.74) is 7.94. The fourth-order valence-electron chi connectivity index (χ4n) is 2.63. The summed E-state index contributed by atoms with van der Waals surface area (Å²) in [7, 11) is 0. The van der Waals surface area contributed by atoms with Crippen LogP contribution in [0.3, 0.4) is 0 Å². The van der Waals surface area contributed by atoms with E-state index in [4.69, 9.17) is 17.3 Å². The maximum absolute atomic E-state index is 6.03. The van der Waals surface area contributed by atoms with Crippen molar-refractivity contribution in [1.82, 2.24) is 9.88 Å². The molecule has 0 atom stereocenters. The first kappa shape index (κ1) is 14.2. The van der Waals surface area contributed by atoms with Gasteiger partial charge < -0.3 is 10.6 Å². The fraction of sp³-hybridized carbons (Fsp3) is 0.312. The molecule has 21 heavy (non-hydrogen) atoms. The minimum Gasteiger partial charge on any atom is -0.398 e. The molecule has 1 aliphatic rings. The first-order valence-corrected chi connectivity index (χ1v) is 7.52. The average Bonchev–Trinajstić information content (AvgIpc) is 2.52. The van der Waals surface area contributed by atoms with Crippen molar-refractivity contribution in [3.05, 3.63) is 53.2 Å². The second-order valence-electron chi connectivity index (χ2n) is 5.29. The first-order valence-electron chi connectivity index (χ1n) is 7.14. The Bertz CT molecular complexity index is 594. The number of aromatic nitrogens is 1. The molecule has 0 radical (unpaired) electrons. The molecule has 1 saturated heterocycles. The number of hydrogen-bond acceptors (Lipinski definition) is 4. The minimum atomic E-state index is 0.691. The van der Waals surface area contributed by atoms with E-state index in [-0.39, 0.29) is 0 Å². The van der Waals surface area contributed by atoms with E-state index < -0.39 is 0 Å². The summed E-state index contributed by atoms with van der Waals surface area (Å²) in [6.07, 6.45) is 1.84. The van der Waals surface area contributed by atoms with Crippen LogP contribution in [0.15, 0.2) is 42.6 Å². The lowest BCUT2D eigenvalue weighted by atomic mass is 10.1. The van der Waals surface area contributed by atoms with Gasteiger partial charge in [-0.2, -0.15) is 0 Å². The zero-order chi connectivity index (χ0) is 14.7. The van der Waals surface area contributed by atoms with E-state index in [2.05, 4.69) is 20.9 Å². The van der Waals surface area contributed by atoms with E-state index in [0.717, 1.165) is 49.8 Å². The summed E-state index contributed by atoms with van der Waals surface area (Å²) < 4.78 is 0. The molecule has 3 rings (SSSR count). The van der Waals surface area contributed by atoms with Gasteiger partial charge in [-0.25, -0.2) is 4.98 Å². The molecule has 110 valence electrons. The van der Waals surface area contributed by atoms with Gasteiger partial charge in [0.25, 0.3) is 0 Å². The monoisotopic (exact) mass is 302 g/mol. The van der Waals surface area contributed by atoms with Crippen LogP contribution < -0.4 is 10.6 Å². The molecule has 1 fully saturated rings. The van der Waals surface area contributed by atoms with E-state index in [0.29, 0.717) is 5.02 Å². The Labute approximate surface area is 130 Å². The predicted molar refractivity (Wildman–Crippen MR) is 87.6 cm³/mol. The summed E-state index contributed by atoms with van der Waals surface area (Å²) >= 11 is 5.94. The van der Waals surface area contributed by atoms with Crippen LogP contribution in [-0.2, 0) is 6.54 Å². The number of halogens is 1. The van der Waals surface area contributed by atoms with Crippen molar-refractivity contribution in [3.63, 3.8) is 0 Å². The number of benzene rings is 1. The van der Waals surface area contributed by atoms with E-state index in [1.807, 2.05) is 36.5 Å². The van der Waals surface area contributed by atoms with Gasteiger partial charge in [0, 0.05) is 49.6 Å². The first-order chi connectivity index (χ1) is 10.2. The predicted octanol–water partition coefficient (Wildman–Crippen LogP) is 2.64. The molecule has 0 amide bonds. The standard InChI is InChI=1S/C16H19ClN4/c17-14-5-4-13(15(18)11-14)12-20-7-9-21(10-8-20)16-3-1-2-6-19-16/h1-6,11H,7-10,12,18H2. The molecule has 5 heteroatoms. The Morgan fingerprint density at radius 2 is 1.90 bits per heavy atom. The van der Waals surface area contributed by atoms with Crippen molar-refractivity contribution in [2.45, 2.75) is 6.54 Å². The van der Waals surface area contributed by atoms with Gasteiger partial charge in [-0.15, -0.1) is 0 Å². The maximum Gasteiger partial charge on any atom is 0.128 e. The summed E-state index contributed by atoms with van der Waals surface area (Å²) in [6.45, 7) is 4.88. The summed E-state index contributed by atoms with van der Waals surface area (Å²) in [6, 6.07) is 11.8. The second-order valence-corrected chi connectivity index (χ2v) is 5.73. The second kappa shape index (κ2) is 6.33. The zero-order valence-corrected chi connectivity index (χ0v) is 12.6. The van der Waals surface area contributed by atoms with Gasteiger partial charge in [-0.3, -0.25) is 4.90 Å². The fourth-order valence-corrected chi connectivity index (χ4v) is 2.81. The molecule has 1 aromatic carbocycles. The van der Waals surface area contributed by atoms with Gasteiger partial charge in [0.1, 0.15) is 5.82 Å². The Kier molecular flexibility index (Phi) is 4.27. The molecule has 0 saturated carbocycles. The van der Waals surface area contributed by atoms with Crippen LogP contribution in [0.2, 0.25) is 5.02 Å². The van der Waals surface area contributed by atoms with Gasteiger partial charge in [0.2, 0.25) is 0 Å². The lowest BCUT2D eigenvalue weighted by Gasteiger charge is -2.35. The Morgan fingerprint density at radius 1 is 1.10 bits per heavy atom. The third-order valence-corrected chi connectivity index (χ3v) is 4.08. The average molecular weight is 303 g/mol. The summed E-state index contributed by atoms with van der Waals surface area (Å²) in [5, 5.41) is 0.691. The van der Waals surface area contributed by atoms with Crippen molar-refractivity contribution in [3.8, 4) is 0 Å². The van der Waals surface area contributed by atoms with Gasteiger partial charge in [-0.1, -0.05) is 23.7 Å². The molecule has 0 aliphatic carbocycles. The number of pyridine rings is 1. The van der Waals surface area contributed by atoms with Crippen LogP contribution in [0.1, 0.15) is 5.56 Å². The lowest BCUT2D eigenvalue weighted by molar-refractivity contribution is 0.249. The van der Waals surface area contributed by atoms with E-state index in [1.54, 1.807) is 0 Å². The quantitative estimate of drug-likeness (QED) is 0.885. The van der Waals surface area contributed by atoms with E-state index >= 15 is 0 Å². The molecule has 2 aromatic rings. The number of hydrogen-bond donors (Lipinski definition) is 1. The van der Waals surface area contributed by atoms with Crippen molar-refractivity contribution in [2.24, 2.45) is 0 Å². The highest BCUT2D eigenvalue weighted by Crippen LogP contribution is 2.21. The maximum atomic E-state index is 6.03. The van der Waals surface area contributed by atoms with Crippen molar-refractivity contribution >= 4 is 23.1 Å². The van der Waals surface area contributed by atoms with E-state index in [9.17, 15) is 0 Å². The highest BCUT2D eigenvalue weighted by molar-refractivity contribution is 6.30. The molecule has 0 unspecified atom stereocenters. The van der Waals surface area contributed by atoms with Crippen LogP contribution in [0, 0.1) is 0 Å². The molecule has 2 N–H and O–H groups in total. The highest BCUT2D eigenvalue weighted by atomic mass is 35.5. The number of nitrogen functional groups attached to an aromatic ring is 1. The lowest BCUT2D eigenvalue weighted by Crippen LogP contribution is -2.46. The normalized spacial score (nSPS) is 16.1. The van der Waals surface area contributed by atoms with Crippen LogP contribution >= 0.6 is 11.6 Å². The Hall–Kier alpha value is -1.78. The Morgan fingerprint density at radius 3 is 2.57 bits per heavy atom. The topological polar surface area (TPSA) is 45.4 Å². The van der Waals surface area contributed by atoms with E-state index in [1.165, 1.54) is 0 Å². The molecule has 0 bridgehead atoms. The van der Waals surface area contributed by atoms with Gasteiger partial charge in [0.05, 0.1) is 0 Å². The molecule has 0 spiro atoms. The third kappa shape index (κ3) is 3.46. The van der Waals surface area contributed by atoms with Crippen molar-refractivity contribution in [2.75, 3.05) is 36.8 Å². The smallest absolute Gasteiger partial charge is 0.128 e. The number of nitrogens with zero attached hydrogens (tertiary/aromatic N) is 3. The van der Waals surface area contributed by atoms with Gasteiger partial charge >= 0.3 is 0 Å². The van der Waals surface area contributed by atoms with Crippen LogP contribution in [-0.4, -0.2) is 36.1 Å². The molecular weight excluding hydrogens is 284 g/mol. The number of anilines is 2. The van der Waals surface area contributed by atoms with Gasteiger partial charge in [0.15, 0.2) is 0 Å². The number of rotatable bonds is 3. The summed E-state index contributed by atoms with van der Waals surface area (Å²) in [5.74, 6) is 1.06. The molecule has 2 heterocycles. The van der Waals surface area contributed by atoms with Crippen LogP contribution in [0.5, 0.6) is 0 Å². The Balaban J connectivity index is 1.59. The minimum absolute atomic E-state index is 0.691. The third-order valence-electron chi connectivity index (χ3n) is 3.85. The summed E-state index contributed by atoms with van der Waals surface area (Å²) in [4.78, 5) is 9.14. The number of nitrogens with two attached hydrogens (primary N) is 1. The van der Waals surface area contributed by atoms with Crippen LogP contribution in [0.4, 0.5) is 11.5 Å². The molecular formula is C16H19ClN4. The molecule has 1 aromatic heterocycles. The van der Waals surface area contributed by atoms with Crippen LogP contribution in [0.25, 0.3) is 0 Å². The molecule has 4 nitrogen and oxygen atoms in total. The molecule has 1 aliphatic heterocycles. The number of piperazine rings is 1. The SMILES string of the molecule is Nc1cc(Cl)ccc1CN1CCN(c2ccccn2)CC1. The van der Waals surface area contributed by atoms with Crippen molar-refractivity contribution < 1.29 is 0 Å².